The Bertz CT molecular complexity index is 578. The highest BCUT2D eigenvalue weighted by Gasteiger charge is 2.18. The fourth-order valence-corrected chi connectivity index (χ4v) is 2.09. The van der Waals surface area contributed by atoms with Crippen molar-refractivity contribution in [3.8, 4) is 6.07 Å². The number of anilines is 1. The highest BCUT2D eigenvalue weighted by Crippen LogP contribution is 2.20. The third-order valence-corrected chi connectivity index (χ3v) is 2.93. The first kappa shape index (κ1) is 10.1. The zero-order valence-corrected chi connectivity index (χ0v) is 9.33. The van der Waals surface area contributed by atoms with E-state index in [1.54, 1.807) is 0 Å². The van der Waals surface area contributed by atoms with Gasteiger partial charge in [-0.05, 0) is 12.1 Å². The van der Waals surface area contributed by atoms with Crippen LogP contribution in [0.15, 0.2) is 24.4 Å². The number of morpholine rings is 1. The van der Waals surface area contributed by atoms with E-state index in [1.165, 1.54) is 0 Å². The Morgan fingerprint density at radius 1 is 1.29 bits per heavy atom. The lowest BCUT2D eigenvalue weighted by Crippen LogP contribution is -2.37. The summed E-state index contributed by atoms with van der Waals surface area (Å²) >= 11 is 0. The molecule has 0 aromatic carbocycles. The molecule has 1 aliphatic heterocycles. The number of ether oxygens (including phenoxy) is 1. The van der Waals surface area contributed by atoms with Crippen LogP contribution in [0.25, 0.3) is 5.52 Å². The molecular formula is C12H12N4O. The average Bonchev–Trinajstić information content (AvgIpc) is 2.78. The van der Waals surface area contributed by atoms with Crippen LogP contribution in [-0.2, 0) is 4.74 Å². The van der Waals surface area contributed by atoms with Crippen LogP contribution >= 0.6 is 0 Å². The number of nitrogens with zero attached hydrogens (tertiary/aromatic N) is 4. The van der Waals surface area contributed by atoms with Crippen LogP contribution < -0.4 is 4.90 Å². The molecule has 0 bridgehead atoms. The molecular weight excluding hydrogens is 216 g/mol. The zero-order chi connectivity index (χ0) is 11.7. The zero-order valence-electron chi connectivity index (χ0n) is 9.33. The van der Waals surface area contributed by atoms with Gasteiger partial charge < -0.3 is 9.64 Å². The van der Waals surface area contributed by atoms with Crippen LogP contribution in [0.1, 0.15) is 5.69 Å². The number of nitriles is 1. The monoisotopic (exact) mass is 228 g/mol. The average molecular weight is 228 g/mol. The third-order valence-electron chi connectivity index (χ3n) is 2.93. The molecule has 0 saturated carbocycles. The molecule has 0 aliphatic carbocycles. The molecule has 2 aromatic heterocycles. The van der Waals surface area contributed by atoms with Gasteiger partial charge in [0.2, 0.25) is 5.95 Å². The molecule has 0 unspecified atom stereocenters. The molecule has 0 radical (unpaired) electrons. The summed E-state index contributed by atoms with van der Waals surface area (Å²) in [5.41, 5.74) is 1.34. The van der Waals surface area contributed by atoms with Gasteiger partial charge in [0.15, 0.2) is 5.69 Å². The lowest BCUT2D eigenvalue weighted by atomic mass is 10.3. The molecule has 0 amide bonds. The number of imidazole rings is 1. The second-order valence-electron chi connectivity index (χ2n) is 3.93. The summed E-state index contributed by atoms with van der Waals surface area (Å²) in [6, 6.07) is 7.91. The van der Waals surface area contributed by atoms with E-state index in [0.717, 1.165) is 24.6 Å². The van der Waals surface area contributed by atoms with Gasteiger partial charge in [-0.1, -0.05) is 6.07 Å². The Hall–Kier alpha value is -2.06. The van der Waals surface area contributed by atoms with Gasteiger partial charge in [-0.2, -0.15) is 5.26 Å². The minimum absolute atomic E-state index is 0.479. The van der Waals surface area contributed by atoms with Gasteiger partial charge in [0.1, 0.15) is 6.07 Å². The van der Waals surface area contributed by atoms with Crippen LogP contribution in [0.2, 0.25) is 0 Å². The SMILES string of the molecule is N#Cc1nc(N2CCOCC2)n2ccccc12. The van der Waals surface area contributed by atoms with Gasteiger partial charge in [-0.25, -0.2) is 4.98 Å². The molecule has 1 fully saturated rings. The summed E-state index contributed by atoms with van der Waals surface area (Å²) < 4.78 is 7.28. The van der Waals surface area contributed by atoms with E-state index in [1.807, 2.05) is 28.8 Å². The van der Waals surface area contributed by atoms with Gasteiger partial charge >= 0.3 is 0 Å². The first-order valence-corrected chi connectivity index (χ1v) is 5.60. The van der Waals surface area contributed by atoms with E-state index in [9.17, 15) is 0 Å². The standard InChI is InChI=1S/C12H12N4O/c13-9-10-11-3-1-2-4-16(11)12(14-10)15-5-7-17-8-6-15/h1-4H,5-8H2. The topological polar surface area (TPSA) is 53.6 Å². The van der Waals surface area contributed by atoms with Gasteiger partial charge in [0, 0.05) is 19.3 Å². The highest BCUT2D eigenvalue weighted by molar-refractivity contribution is 5.63. The quantitative estimate of drug-likeness (QED) is 0.732. The Morgan fingerprint density at radius 3 is 2.88 bits per heavy atom. The lowest BCUT2D eigenvalue weighted by Gasteiger charge is -2.26. The molecule has 0 atom stereocenters. The van der Waals surface area contributed by atoms with E-state index < -0.39 is 0 Å². The molecule has 0 N–H and O–H groups in total. The maximum atomic E-state index is 9.08. The minimum atomic E-state index is 0.479. The normalized spacial score (nSPS) is 16.1. The number of hydrogen-bond acceptors (Lipinski definition) is 4. The molecule has 5 nitrogen and oxygen atoms in total. The Morgan fingerprint density at radius 2 is 2.12 bits per heavy atom. The fraction of sp³-hybridized carbons (Fsp3) is 0.333. The van der Waals surface area contributed by atoms with E-state index in [0.29, 0.717) is 18.9 Å². The van der Waals surface area contributed by atoms with Gasteiger partial charge in [-0.15, -0.1) is 0 Å². The van der Waals surface area contributed by atoms with Crippen LogP contribution in [0.3, 0.4) is 0 Å². The number of fused-ring (bicyclic) bond motifs is 1. The van der Waals surface area contributed by atoms with Gasteiger partial charge in [0.25, 0.3) is 0 Å². The summed E-state index contributed by atoms with van der Waals surface area (Å²) in [6.07, 6.45) is 1.94. The molecule has 3 heterocycles. The largest absolute Gasteiger partial charge is 0.378 e. The third kappa shape index (κ3) is 1.63. The van der Waals surface area contributed by atoms with Crippen molar-refractivity contribution in [2.75, 3.05) is 31.2 Å². The van der Waals surface area contributed by atoms with Crippen molar-refractivity contribution in [2.24, 2.45) is 0 Å². The first-order chi connectivity index (χ1) is 8.40. The second-order valence-corrected chi connectivity index (χ2v) is 3.93. The van der Waals surface area contributed by atoms with Crippen LogP contribution in [0.4, 0.5) is 5.95 Å². The van der Waals surface area contributed by atoms with Crippen LogP contribution in [0.5, 0.6) is 0 Å². The Balaban J connectivity index is 2.13. The van der Waals surface area contributed by atoms with Crippen molar-refractivity contribution in [3.05, 3.63) is 30.1 Å². The van der Waals surface area contributed by atoms with E-state index >= 15 is 0 Å². The second kappa shape index (κ2) is 4.07. The summed E-state index contributed by atoms with van der Waals surface area (Å²) in [7, 11) is 0. The number of pyridine rings is 1. The summed E-state index contributed by atoms with van der Waals surface area (Å²) in [5, 5.41) is 9.08. The predicted octanol–water partition coefficient (Wildman–Crippen LogP) is 1.04. The van der Waals surface area contributed by atoms with Crippen molar-refractivity contribution in [1.29, 1.82) is 5.26 Å². The van der Waals surface area contributed by atoms with E-state index in [-0.39, 0.29) is 0 Å². The maximum absolute atomic E-state index is 9.08. The van der Waals surface area contributed by atoms with E-state index in [4.69, 9.17) is 10.00 Å². The van der Waals surface area contributed by atoms with Crippen molar-refractivity contribution < 1.29 is 4.74 Å². The van der Waals surface area contributed by atoms with E-state index in [2.05, 4.69) is 16.0 Å². The maximum Gasteiger partial charge on any atom is 0.211 e. The summed E-state index contributed by atoms with van der Waals surface area (Å²) in [4.78, 5) is 6.55. The van der Waals surface area contributed by atoms with Crippen molar-refractivity contribution in [3.63, 3.8) is 0 Å². The van der Waals surface area contributed by atoms with Crippen LogP contribution in [-0.4, -0.2) is 35.7 Å². The first-order valence-electron chi connectivity index (χ1n) is 5.60. The molecule has 3 rings (SSSR count). The summed E-state index contributed by atoms with van der Waals surface area (Å²) in [5.74, 6) is 0.834. The van der Waals surface area contributed by atoms with Crippen molar-refractivity contribution in [2.45, 2.75) is 0 Å². The Kier molecular flexibility index (Phi) is 2.42. The highest BCUT2D eigenvalue weighted by atomic mass is 16.5. The Labute approximate surface area is 98.9 Å². The van der Waals surface area contributed by atoms with Gasteiger partial charge in [0.05, 0.1) is 18.7 Å². The molecule has 17 heavy (non-hydrogen) atoms. The lowest BCUT2D eigenvalue weighted by molar-refractivity contribution is 0.122. The molecule has 0 spiro atoms. The van der Waals surface area contributed by atoms with Crippen LogP contribution in [0, 0.1) is 11.3 Å². The molecule has 5 heteroatoms. The molecule has 2 aromatic rings. The molecule has 1 saturated heterocycles. The smallest absolute Gasteiger partial charge is 0.211 e. The number of rotatable bonds is 1. The molecule has 86 valence electrons. The predicted molar refractivity (Wildman–Crippen MR) is 62.9 cm³/mol. The number of aromatic nitrogens is 2. The van der Waals surface area contributed by atoms with Crippen molar-refractivity contribution in [1.82, 2.24) is 9.38 Å². The fourth-order valence-electron chi connectivity index (χ4n) is 2.09. The van der Waals surface area contributed by atoms with Crippen molar-refractivity contribution >= 4 is 11.5 Å². The van der Waals surface area contributed by atoms with Gasteiger partial charge in [-0.3, -0.25) is 4.40 Å². The summed E-state index contributed by atoms with van der Waals surface area (Å²) in [6.45, 7) is 3.06. The minimum Gasteiger partial charge on any atom is -0.378 e. The molecule has 1 aliphatic rings. The number of hydrogen-bond donors (Lipinski definition) is 0.